The van der Waals surface area contributed by atoms with Gasteiger partial charge >= 0.3 is 0 Å². The highest BCUT2D eigenvalue weighted by Crippen LogP contribution is 2.14. The minimum atomic E-state index is 0.642. The molecule has 0 aliphatic carbocycles. The molecule has 1 unspecified atom stereocenters. The van der Waals surface area contributed by atoms with Crippen LogP contribution >= 0.6 is 0 Å². The van der Waals surface area contributed by atoms with Crippen molar-refractivity contribution >= 4 is 0 Å². The van der Waals surface area contributed by atoms with Gasteiger partial charge in [-0.05, 0) is 37.8 Å². The molecule has 92 valence electrons. The number of hydrogen-bond acceptors (Lipinski definition) is 3. The number of aromatic nitrogens is 3. The van der Waals surface area contributed by atoms with Crippen LogP contribution in [0.2, 0.25) is 0 Å². The summed E-state index contributed by atoms with van der Waals surface area (Å²) in [5.41, 5.74) is 1.10. The SMILES string of the molecule is CCCNCC(Cc1cn(C)nn1)C(C)C. The highest BCUT2D eigenvalue weighted by atomic mass is 15.4. The van der Waals surface area contributed by atoms with Gasteiger partial charge in [0.15, 0.2) is 0 Å². The lowest BCUT2D eigenvalue weighted by Crippen LogP contribution is -2.28. The fourth-order valence-electron chi connectivity index (χ4n) is 1.77. The summed E-state index contributed by atoms with van der Waals surface area (Å²) < 4.78 is 1.77. The van der Waals surface area contributed by atoms with E-state index in [1.807, 2.05) is 13.2 Å². The van der Waals surface area contributed by atoms with E-state index in [0.717, 1.165) is 25.2 Å². The molecule has 1 rings (SSSR count). The lowest BCUT2D eigenvalue weighted by molar-refractivity contribution is 0.358. The van der Waals surface area contributed by atoms with E-state index in [0.29, 0.717) is 11.8 Å². The van der Waals surface area contributed by atoms with Crippen LogP contribution in [0, 0.1) is 11.8 Å². The first-order valence-electron chi connectivity index (χ1n) is 6.19. The molecular weight excluding hydrogens is 200 g/mol. The van der Waals surface area contributed by atoms with Crippen molar-refractivity contribution in [2.45, 2.75) is 33.6 Å². The molecule has 0 aromatic carbocycles. The first kappa shape index (κ1) is 13.2. The van der Waals surface area contributed by atoms with Crippen LogP contribution < -0.4 is 5.32 Å². The second-order valence-electron chi connectivity index (χ2n) is 4.80. The zero-order valence-corrected chi connectivity index (χ0v) is 10.9. The molecule has 0 saturated heterocycles. The van der Waals surface area contributed by atoms with Gasteiger partial charge in [-0.25, -0.2) is 0 Å². The van der Waals surface area contributed by atoms with Gasteiger partial charge in [0.05, 0.1) is 5.69 Å². The highest BCUT2D eigenvalue weighted by Gasteiger charge is 2.15. The van der Waals surface area contributed by atoms with Gasteiger partial charge in [0.25, 0.3) is 0 Å². The lowest BCUT2D eigenvalue weighted by atomic mass is 9.91. The van der Waals surface area contributed by atoms with Gasteiger partial charge in [0.2, 0.25) is 0 Å². The van der Waals surface area contributed by atoms with Crippen molar-refractivity contribution in [3.05, 3.63) is 11.9 Å². The molecule has 4 nitrogen and oxygen atoms in total. The smallest absolute Gasteiger partial charge is 0.0830 e. The summed E-state index contributed by atoms with van der Waals surface area (Å²) in [5.74, 6) is 1.31. The maximum Gasteiger partial charge on any atom is 0.0830 e. The van der Waals surface area contributed by atoms with Crippen LogP contribution in [0.5, 0.6) is 0 Å². The number of nitrogens with one attached hydrogen (secondary N) is 1. The average molecular weight is 224 g/mol. The summed E-state index contributed by atoms with van der Waals surface area (Å²) in [4.78, 5) is 0. The van der Waals surface area contributed by atoms with Crippen molar-refractivity contribution in [2.24, 2.45) is 18.9 Å². The van der Waals surface area contributed by atoms with Crippen LogP contribution in [0.15, 0.2) is 6.20 Å². The van der Waals surface area contributed by atoms with E-state index in [1.165, 1.54) is 6.42 Å². The first-order chi connectivity index (χ1) is 7.63. The monoisotopic (exact) mass is 224 g/mol. The second-order valence-corrected chi connectivity index (χ2v) is 4.80. The van der Waals surface area contributed by atoms with Crippen LogP contribution in [-0.4, -0.2) is 28.1 Å². The van der Waals surface area contributed by atoms with E-state index in [4.69, 9.17) is 0 Å². The van der Waals surface area contributed by atoms with Crippen LogP contribution in [-0.2, 0) is 13.5 Å². The number of hydrogen-bond donors (Lipinski definition) is 1. The largest absolute Gasteiger partial charge is 0.316 e. The zero-order chi connectivity index (χ0) is 12.0. The van der Waals surface area contributed by atoms with E-state index in [-0.39, 0.29) is 0 Å². The van der Waals surface area contributed by atoms with Gasteiger partial charge in [-0.15, -0.1) is 5.10 Å². The van der Waals surface area contributed by atoms with E-state index in [1.54, 1.807) is 4.68 Å². The molecule has 0 fully saturated rings. The Morgan fingerprint density at radius 2 is 2.19 bits per heavy atom. The highest BCUT2D eigenvalue weighted by molar-refractivity contribution is 4.94. The third-order valence-electron chi connectivity index (χ3n) is 2.90. The Kier molecular flexibility index (Phi) is 5.46. The van der Waals surface area contributed by atoms with Crippen LogP contribution in [0.4, 0.5) is 0 Å². The predicted molar refractivity (Wildman–Crippen MR) is 66.2 cm³/mol. The molecule has 0 aliphatic rings. The predicted octanol–water partition coefficient (Wildman–Crippen LogP) is 1.63. The fourth-order valence-corrected chi connectivity index (χ4v) is 1.77. The van der Waals surface area contributed by atoms with Crippen LogP contribution in [0.1, 0.15) is 32.9 Å². The molecule has 0 saturated carbocycles. The van der Waals surface area contributed by atoms with Crippen molar-refractivity contribution in [3.63, 3.8) is 0 Å². The van der Waals surface area contributed by atoms with Crippen molar-refractivity contribution in [1.82, 2.24) is 20.3 Å². The quantitative estimate of drug-likeness (QED) is 0.716. The van der Waals surface area contributed by atoms with Gasteiger partial charge in [-0.3, -0.25) is 4.68 Å². The Labute approximate surface area is 98.4 Å². The topological polar surface area (TPSA) is 42.7 Å². The minimum absolute atomic E-state index is 0.642. The van der Waals surface area contributed by atoms with Gasteiger partial charge in [-0.1, -0.05) is 26.0 Å². The summed E-state index contributed by atoms with van der Waals surface area (Å²) in [7, 11) is 1.91. The maximum absolute atomic E-state index is 4.15. The molecule has 1 heterocycles. The van der Waals surface area contributed by atoms with E-state index >= 15 is 0 Å². The summed E-state index contributed by atoms with van der Waals surface area (Å²) in [6.07, 6.45) is 4.22. The molecule has 1 N–H and O–H groups in total. The third-order valence-corrected chi connectivity index (χ3v) is 2.90. The van der Waals surface area contributed by atoms with Crippen LogP contribution in [0.3, 0.4) is 0 Å². The summed E-state index contributed by atoms with van der Waals surface area (Å²) >= 11 is 0. The average Bonchev–Trinajstić information content (AvgIpc) is 2.63. The Bertz CT molecular complexity index is 293. The van der Waals surface area contributed by atoms with Gasteiger partial charge < -0.3 is 5.32 Å². The molecule has 16 heavy (non-hydrogen) atoms. The zero-order valence-electron chi connectivity index (χ0n) is 10.9. The lowest BCUT2D eigenvalue weighted by Gasteiger charge is -2.20. The first-order valence-corrected chi connectivity index (χ1v) is 6.19. The normalized spacial score (nSPS) is 13.3. The van der Waals surface area contributed by atoms with E-state index in [2.05, 4.69) is 36.4 Å². The summed E-state index contributed by atoms with van der Waals surface area (Å²) in [5, 5.41) is 11.6. The van der Waals surface area contributed by atoms with Crippen molar-refractivity contribution in [1.29, 1.82) is 0 Å². The van der Waals surface area contributed by atoms with Crippen molar-refractivity contribution in [2.75, 3.05) is 13.1 Å². The van der Waals surface area contributed by atoms with Gasteiger partial charge in [0, 0.05) is 13.2 Å². The molecule has 1 aromatic heterocycles. The number of nitrogens with zero attached hydrogens (tertiary/aromatic N) is 3. The van der Waals surface area contributed by atoms with E-state index in [9.17, 15) is 0 Å². The summed E-state index contributed by atoms with van der Waals surface area (Å²) in [6.45, 7) is 8.91. The van der Waals surface area contributed by atoms with Gasteiger partial charge in [-0.2, -0.15) is 0 Å². The molecule has 4 heteroatoms. The molecule has 0 aliphatic heterocycles. The van der Waals surface area contributed by atoms with Crippen LogP contribution in [0.25, 0.3) is 0 Å². The Morgan fingerprint density at radius 1 is 1.44 bits per heavy atom. The molecule has 0 spiro atoms. The van der Waals surface area contributed by atoms with Crippen molar-refractivity contribution in [3.8, 4) is 0 Å². The Hall–Kier alpha value is -0.900. The fraction of sp³-hybridized carbons (Fsp3) is 0.833. The number of rotatable bonds is 7. The van der Waals surface area contributed by atoms with E-state index < -0.39 is 0 Å². The Morgan fingerprint density at radius 3 is 2.69 bits per heavy atom. The van der Waals surface area contributed by atoms with Crippen molar-refractivity contribution < 1.29 is 0 Å². The standard InChI is InChI=1S/C12H24N4/c1-5-6-13-8-11(10(2)3)7-12-9-16(4)15-14-12/h9-11,13H,5-8H2,1-4H3. The number of aryl methyl sites for hydroxylation is 1. The third kappa shape index (κ3) is 4.31. The molecule has 1 aromatic rings. The molecule has 0 amide bonds. The Balaban J connectivity index is 2.44. The molecule has 0 bridgehead atoms. The molecule has 1 atom stereocenters. The van der Waals surface area contributed by atoms with Gasteiger partial charge in [0.1, 0.15) is 0 Å². The molecule has 0 radical (unpaired) electrons. The summed E-state index contributed by atoms with van der Waals surface area (Å²) in [6, 6.07) is 0. The maximum atomic E-state index is 4.15. The minimum Gasteiger partial charge on any atom is -0.316 e. The second kappa shape index (κ2) is 6.63. The molecular formula is C12H24N4.